The molecule has 0 aliphatic rings. The number of oxime groups is 1. The number of hydrogen-bond acceptors (Lipinski definition) is 4. The van der Waals surface area contributed by atoms with E-state index in [1.54, 1.807) is 11.8 Å². The van der Waals surface area contributed by atoms with Crippen molar-refractivity contribution >= 4 is 23.3 Å². The van der Waals surface area contributed by atoms with Gasteiger partial charge in [0, 0.05) is 23.7 Å². The van der Waals surface area contributed by atoms with E-state index in [0.29, 0.717) is 5.92 Å². The molecule has 0 fully saturated rings. The molecule has 21 heavy (non-hydrogen) atoms. The average molecular weight is 309 g/mol. The summed E-state index contributed by atoms with van der Waals surface area (Å²) >= 11 is 1.61. The van der Waals surface area contributed by atoms with E-state index in [9.17, 15) is 0 Å². The van der Waals surface area contributed by atoms with Crippen molar-refractivity contribution in [3.63, 3.8) is 0 Å². The molecule has 1 aromatic rings. The summed E-state index contributed by atoms with van der Waals surface area (Å²) in [5.41, 5.74) is 7.80. The van der Waals surface area contributed by atoms with Crippen molar-refractivity contribution in [1.82, 2.24) is 0 Å². The van der Waals surface area contributed by atoms with Crippen LogP contribution < -0.4 is 10.6 Å². The monoisotopic (exact) mass is 309 g/mol. The Morgan fingerprint density at radius 2 is 2.00 bits per heavy atom. The quantitative estimate of drug-likeness (QED) is 0.252. The molecule has 0 heterocycles. The molecule has 0 amide bonds. The summed E-state index contributed by atoms with van der Waals surface area (Å²) < 4.78 is 0. The maximum atomic E-state index is 9.10. The number of thioether (sulfide) groups is 1. The van der Waals surface area contributed by atoms with E-state index in [0.717, 1.165) is 42.1 Å². The lowest BCUT2D eigenvalue weighted by molar-refractivity contribution is 0.318. The van der Waals surface area contributed by atoms with Gasteiger partial charge in [-0.1, -0.05) is 37.9 Å². The summed E-state index contributed by atoms with van der Waals surface area (Å²) in [5, 5.41) is 12.3. The molecule has 0 unspecified atom stereocenters. The lowest BCUT2D eigenvalue weighted by atomic mass is 10.0. The molecule has 1 rings (SSSR count). The Hall–Kier alpha value is -1.36. The van der Waals surface area contributed by atoms with E-state index < -0.39 is 0 Å². The highest BCUT2D eigenvalue weighted by Crippen LogP contribution is 2.30. The van der Waals surface area contributed by atoms with Crippen LogP contribution in [0, 0.1) is 5.92 Å². The van der Waals surface area contributed by atoms with E-state index >= 15 is 0 Å². The van der Waals surface area contributed by atoms with Gasteiger partial charge in [-0.15, -0.1) is 11.8 Å². The minimum absolute atomic E-state index is 0.179. The van der Waals surface area contributed by atoms with Gasteiger partial charge in [0.1, 0.15) is 0 Å². The van der Waals surface area contributed by atoms with Gasteiger partial charge in [0.2, 0.25) is 0 Å². The summed E-state index contributed by atoms with van der Waals surface area (Å²) in [6.45, 7) is 8.49. The van der Waals surface area contributed by atoms with Crippen LogP contribution in [0.5, 0.6) is 0 Å². The van der Waals surface area contributed by atoms with E-state index in [-0.39, 0.29) is 5.84 Å². The predicted octanol–water partition coefficient (Wildman–Crippen LogP) is 3.77. The van der Waals surface area contributed by atoms with Crippen molar-refractivity contribution in [2.45, 2.75) is 38.5 Å². The van der Waals surface area contributed by atoms with Crippen LogP contribution in [0.2, 0.25) is 0 Å². The smallest absolute Gasteiger partial charge is 0.173 e. The molecular weight excluding hydrogens is 282 g/mol. The Kier molecular flexibility index (Phi) is 7.43. The Labute approximate surface area is 132 Å². The van der Waals surface area contributed by atoms with Crippen molar-refractivity contribution in [3.8, 4) is 0 Å². The first-order valence-electron chi connectivity index (χ1n) is 7.52. The standard InChI is InChI=1S/C16H27N3OS/c1-5-12(6-2)11-19(7-3)13-9-8-10-14(21-4)15(13)16(17)18-20/h8-10,12,20H,5-7,11H2,1-4H3,(H2,17,18). The minimum atomic E-state index is 0.179. The lowest BCUT2D eigenvalue weighted by Gasteiger charge is -2.29. The van der Waals surface area contributed by atoms with Gasteiger partial charge in [0.15, 0.2) is 5.84 Å². The third-order valence-electron chi connectivity index (χ3n) is 3.94. The van der Waals surface area contributed by atoms with Crippen LogP contribution in [-0.4, -0.2) is 30.4 Å². The fraction of sp³-hybridized carbons (Fsp3) is 0.562. The highest BCUT2D eigenvalue weighted by atomic mass is 32.2. The topological polar surface area (TPSA) is 61.8 Å². The Morgan fingerprint density at radius 1 is 1.33 bits per heavy atom. The zero-order valence-electron chi connectivity index (χ0n) is 13.5. The van der Waals surface area contributed by atoms with E-state index in [4.69, 9.17) is 10.9 Å². The van der Waals surface area contributed by atoms with Gasteiger partial charge in [-0.05, 0) is 31.2 Å². The number of nitrogens with zero attached hydrogens (tertiary/aromatic N) is 2. The second-order valence-electron chi connectivity index (χ2n) is 5.06. The number of rotatable bonds is 8. The van der Waals surface area contributed by atoms with Crippen LogP contribution in [0.3, 0.4) is 0 Å². The molecule has 0 aliphatic carbocycles. The molecule has 1 aromatic carbocycles. The first-order chi connectivity index (χ1) is 10.1. The van der Waals surface area contributed by atoms with E-state index in [2.05, 4.69) is 36.9 Å². The zero-order valence-corrected chi connectivity index (χ0v) is 14.3. The first kappa shape index (κ1) is 17.7. The maximum Gasteiger partial charge on any atom is 0.173 e. The van der Waals surface area contributed by atoms with Crippen LogP contribution in [0.25, 0.3) is 0 Å². The molecule has 0 radical (unpaired) electrons. The molecule has 118 valence electrons. The van der Waals surface area contributed by atoms with Crippen molar-refractivity contribution in [3.05, 3.63) is 23.8 Å². The molecular formula is C16H27N3OS. The van der Waals surface area contributed by atoms with Crippen LogP contribution in [-0.2, 0) is 0 Å². The number of amidine groups is 1. The van der Waals surface area contributed by atoms with Crippen molar-refractivity contribution in [2.24, 2.45) is 16.8 Å². The van der Waals surface area contributed by atoms with Crippen LogP contribution >= 0.6 is 11.8 Å². The van der Waals surface area contributed by atoms with Gasteiger partial charge in [0.25, 0.3) is 0 Å². The van der Waals surface area contributed by atoms with Crippen molar-refractivity contribution in [1.29, 1.82) is 0 Å². The van der Waals surface area contributed by atoms with E-state index in [1.165, 1.54) is 0 Å². The molecule has 0 atom stereocenters. The van der Waals surface area contributed by atoms with Gasteiger partial charge in [-0.25, -0.2) is 0 Å². The van der Waals surface area contributed by atoms with E-state index in [1.807, 2.05) is 18.4 Å². The van der Waals surface area contributed by atoms with Gasteiger partial charge >= 0.3 is 0 Å². The molecule has 0 aromatic heterocycles. The summed E-state index contributed by atoms with van der Waals surface area (Å²) in [6.07, 6.45) is 4.33. The molecule has 3 N–H and O–H groups in total. The van der Waals surface area contributed by atoms with Gasteiger partial charge in [0.05, 0.1) is 5.56 Å². The number of hydrogen-bond donors (Lipinski definition) is 2. The highest BCUT2D eigenvalue weighted by molar-refractivity contribution is 7.98. The second kappa shape index (κ2) is 8.82. The minimum Gasteiger partial charge on any atom is -0.409 e. The fourth-order valence-electron chi connectivity index (χ4n) is 2.52. The third-order valence-corrected chi connectivity index (χ3v) is 4.72. The van der Waals surface area contributed by atoms with Crippen molar-refractivity contribution < 1.29 is 5.21 Å². The Morgan fingerprint density at radius 3 is 2.48 bits per heavy atom. The number of benzene rings is 1. The maximum absolute atomic E-state index is 9.10. The summed E-state index contributed by atoms with van der Waals surface area (Å²) in [5.74, 6) is 0.834. The molecule has 0 saturated carbocycles. The SMILES string of the molecule is CCC(CC)CN(CC)c1cccc(SC)c1/C(N)=N/O. The van der Waals surface area contributed by atoms with Crippen LogP contribution in [0.4, 0.5) is 5.69 Å². The normalized spacial score (nSPS) is 12.0. The highest BCUT2D eigenvalue weighted by Gasteiger charge is 2.18. The molecule has 5 heteroatoms. The van der Waals surface area contributed by atoms with Crippen LogP contribution in [0.1, 0.15) is 39.2 Å². The predicted molar refractivity (Wildman–Crippen MR) is 92.7 cm³/mol. The third kappa shape index (κ3) is 4.30. The molecule has 0 saturated heterocycles. The van der Waals surface area contributed by atoms with Gasteiger partial charge in [-0.2, -0.15) is 0 Å². The largest absolute Gasteiger partial charge is 0.409 e. The molecule has 0 spiro atoms. The Balaban J connectivity index is 3.25. The fourth-order valence-corrected chi connectivity index (χ4v) is 3.14. The molecule has 4 nitrogen and oxygen atoms in total. The number of anilines is 1. The van der Waals surface area contributed by atoms with Crippen LogP contribution in [0.15, 0.2) is 28.3 Å². The first-order valence-corrected chi connectivity index (χ1v) is 8.75. The Bertz CT molecular complexity index is 473. The van der Waals surface area contributed by atoms with Crippen molar-refractivity contribution in [2.75, 3.05) is 24.2 Å². The number of nitrogens with two attached hydrogens (primary N) is 1. The summed E-state index contributed by atoms with van der Waals surface area (Å²) in [7, 11) is 0. The van der Waals surface area contributed by atoms with Gasteiger partial charge < -0.3 is 15.8 Å². The summed E-state index contributed by atoms with van der Waals surface area (Å²) in [6, 6.07) is 6.09. The lowest BCUT2D eigenvalue weighted by Crippen LogP contribution is -2.31. The second-order valence-corrected chi connectivity index (χ2v) is 5.91. The molecule has 0 aliphatic heterocycles. The van der Waals surface area contributed by atoms with Gasteiger partial charge in [-0.3, -0.25) is 0 Å². The zero-order chi connectivity index (χ0) is 15.8. The molecule has 0 bridgehead atoms. The summed E-state index contributed by atoms with van der Waals surface area (Å²) in [4.78, 5) is 3.36. The average Bonchev–Trinajstić information content (AvgIpc) is 2.54.